The lowest BCUT2D eigenvalue weighted by molar-refractivity contribution is 0.265. The largest absolute Gasteiger partial charge is 0.339 e. The van der Waals surface area contributed by atoms with Crippen LogP contribution >= 0.6 is 0 Å². The van der Waals surface area contributed by atoms with E-state index < -0.39 is 15.8 Å². The molecule has 0 radical (unpaired) electrons. The van der Waals surface area contributed by atoms with Crippen LogP contribution in [0.4, 0.5) is 8.78 Å². The van der Waals surface area contributed by atoms with Gasteiger partial charge < -0.3 is 4.52 Å². The molecule has 1 saturated heterocycles. The summed E-state index contributed by atoms with van der Waals surface area (Å²) in [6, 6.07) is 10.5. The van der Waals surface area contributed by atoms with Gasteiger partial charge in [0.2, 0.25) is 21.7 Å². The van der Waals surface area contributed by atoms with Gasteiger partial charge in [-0.25, -0.2) is 17.2 Å². The molecule has 1 atom stereocenters. The Morgan fingerprint density at radius 1 is 1.00 bits per heavy atom. The molecule has 0 N–H and O–H groups in total. The number of hydrogen-bond acceptors (Lipinski definition) is 5. The molecule has 0 unspecified atom stereocenters. The first kappa shape index (κ1) is 18.7. The van der Waals surface area contributed by atoms with Gasteiger partial charge in [-0.3, -0.25) is 0 Å². The Balaban J connectivity index is 1.54. The average molecular weight is 405 g/mol. The summed E-state index contributed by atoms with van der Waals surface area (Å²) in [5.41, 5.74) is 0.614. The van der Waals surface area contributed by atoms with Gasteiger partial charge in [0.1, 0.15) is 11.6 Å². The van der Waals surface area contributed by atoms with E-state index in [0.717, 1.165) is 12.1 Å². The molecular weight excluding hydrogens is 388 g/mol. The Kier molecular flexibility index (Phi) is 4.94. The third-order valence-electron chi connectivity index (χ3n) is 4.73. The van der Waals surface area contributed by atoms with Crippen LogP contribution in [0.3, 0.4) is 0 Å². The van der Waals surface area contributed by atoms with Crippen molar-refractivity contribution >= 4 is 10.0 Å². The van der Waals surface area contributed by atoms with E-state index in [2.05, 4.69) is 10.1 Å². The molecule has 3 aromatic rings. The summed E-state index contributed by atoms with van der Waals surface area (Å²) >= 11 is 0. The van der Waals surface area contributed by atoms with E-state index in [1.54, 1.807) is 12.1 Å². The van der Waals surface area contributed by atoms with Crippen LogP contribution in [0, 0.1) is 11.6 Å². The molecule has 1 aliphatic rings. The van der Waals surface area contributed by atoms with Crippen molar-refractivity contribution in [3.05, 3.63) is 66.1 Å². The predicted octanol–water partition coefficient (Wildman–Crippen LogP) is 3.58. The van der Waals surface area contributed by atoms with Gasteiger partial charge in [0.15, 0.2) is 0 Å². The average Bonchev–Trinajstić information content (AvgIpc) is 3.19. The first-order chi connectivity index (χ1) is 13.4. The number of benzene rings is 2. The minimum Gasteiger partial charge on any atom is -0.339 e. The minimum absolute atomic E-state index is 0.0482. The zero-order valence-electron chi connectivity index (χ0n) is 14.8. The third-order valence-corrected chi connectivity index (χ3v) is 6.61. The van der Waals surface area contributed by atoms with Crippen molar-refractivity contribution in [2.75, 3.05) is 13.1 Å². The fourth-order valence-electron chi connectivity index (χ4n) is 3.24. The summed E-state index contributed by atoms with van der Waals surface area (Å²) in [5, 5.41) is 3.93. The Morgan fingerprint density at radius 3 is 2.32 bits per heavy atom. The van der Waals surface area contributed by atoms with Crippen LogP contribution in [0.25, 0.3) is 11.4 Å². The molecule has 6 nitrogen and oxygen atoms in total. The highest BCUT2D eigenvalue weighted by Gasteiger charge is 2.33. The number of halogens is 2. The second-order valence-corrected chi connectivity index (χ2v) is 8.56. The Labute approximate surface area is 160 Å². The molecule has 146 valence electrons. The van der Waals surface area contributed by atoms with Gasteiger partial charge in [0.25, 0.3) is 0 Å². The molecule has 0 spiro atoms. The molecule has 4 rings (SSSR count). The quantitative estimate of drug-likeness (QED) is 0.663. The molecule has 0 aliphatic carbocycles. The van der Waals surface area contributed by atoms with E-state index in [9.17, 15) is 17.2 Å². The van der Waals surface area contributed by atoms with Gasteiger partial charge in [-0.15, -0.1) is 0 Å². The highest BCUT2D eigenvalue weighted by atomic mass is 32.2. The number of nitrogens with zero attached hydrogens (tertiary/aromatic N) is 3. The molecule has 1 aromatic heterocycles. The summed E-state index contributed by atoms with van der Waals surface area (Å²) in [5.74, 6) is -0.423. The third kappa shape index (κ3) is 3.67. The van der Waals surface area contributed by atoms with E-state index in [1.165, 1.54) is 28.6 Å². The molecule has 2 heterocycles. The fraction of sp³-hybridized carbons (Fsp3) is 0.263. The van der Waals surface area contributed by atoms with Crippen molar-refractivity contribution in [1.29, 1.82) is 0 Å². The van der Waals surface area contributed by atoms with E-state index in [1.807, 2.05) is 0 Å². The lowest BCUT2D eigenvalue weighted by atomic mass is 10.00. The minimum atomic E-state index is -3.73. The van der Waals surface area contributed by atoms with Crippen molar-refractivity contribution in [3.63, 3.8) is 0 Å². The standard InChI is InChI=1S/C19H17F2N3O3S/c20-15-5-3-13(4-6-15)18-22-19(27-23-18)14-2-1-11-24(12-14)28(25,26)17-9-7-16(21)8-10-17/h3-10,14H,1-2,11-12H2/t14-/m0/s1. The van der Waals surface area contributed by atoms with Gasteiger partial charge in [0.05, 0.1) is 10.8 Å². The van der Waals surface area contributed by atoms with Crippen molar-refractivity contribution < 1.29 is 21.7 Å². The zero-order chi connectivity index (χ0) is 19.7. The van der Waals surface area contributed by atoms with Crippen molar-refractivity contribution in [1.82, 2.24) is 14.4 Å². The lowest BCUT2D eigenvalue weighted by Crippen LogP contribution is -2.39. The summed E-state index contributed by atoms with van der Waals surface area (Å²) in [6.07, 6.45) is 1.35. The Hall–Kier alpha value is -2.65. The summed E-state index contributed by atoms with van der Waals surface area (Å²) in [6.45, 7) is 0.569. The van der Waals surface area contributed by atoms with Crippen LogP contribution < -0.4 is 0 Å². The van der Waals surface area contributed by atoms with E-state index in [-0.39, 0.29) is 23.2 Å². The number of aromatic nitrogens is 2. The van der Waals surface area contributed by atoms with Gasteiger partial charge >= 0.3 is 0 Å². The Morgan fingerprint density at radius 2 is 1.64 bits per heavy atom. The van der Waals surface area contributed by atoms with Crippen LogP contribution in [0.5, 0.6) is 0 Å². The normalized spacial score (nSPS) is 18.3. The molecule has 0 saturated carbocycles. The van der Waals surface area contributed by atoms with Gasteiger partial charge in [-0.05, 0) is 61.4 Å². The number of sulfonamides is 1. The number of rotatable bonds is 4. The zero-order valence-corrected chi connectivity index (χ0v) is 15.6. The highest BCUT2D eigenvalue weighted by molar-refractivity contribution is 7.89. The molecule has 0 amide bonds. The van der Waals surface area contributed by atoms with Gasteiger partial charge in [0, 0.05) is 18.7 Å². The number of piperidine rings is 1. The monoisotopic (exact) mass is 405 g/mol. The smallest absolute Gasteiger partial charge is 0.243 e. The molecule has 1 fully saturated rings. The van der Waals surface area contributed by atoms with Gasteiger partial charge in [-0.1, -0.05) is 5.16 Å². The highest BCUT2D eigenvalue weighted by Crippen LogP contribution is 2.30. The van der Waals surface area contributed by atoms with E-state index >= 15 is 0 Å². The molecule has 9 heteroatoms. The second-order valence-electron chi connectivity index (χ2n) is 6.62. The van der Waals surface area contributed by atoms with Crippen LogP contribution in [0.1, 0.15) is 24.7 Å². The van der Waals surface area contributed by atoms with Crippen LogP contribution in [-0.4, -0.2) is 36.0 Å². The predicted molar refractivity (Wildman–Crippen MR) is 96.8 cm³/mol. The molecule has 28 heavy (non-hydrogen) atoms. The molecular formula is C19H17F2N3O3S. The van der Waals surface area contributed by atoms with Crippen molar-refractivity contribution in [3.8, 4) is 11.4 Å². The maximum atomic E-state index is 13.1. The first-order valence-corrected chi connectivity index (χ1v) is 10.2. The summed E-state index contributed by atoms with van der Waals surface area (Å²) in [7, 11) is -3.73. The molecule has 1 aliphatic heterocycles. The van der Waals surface area contributed by atoms with Crippen molar-refractivity contribution in [2.45, 2.75) is 23.7 Å². The second kappa shape index (κ2) is 7.40. The van der Waals surface area contributed by atoms with Crippen LogP contribution in [-0.2, 0) is 10.0 Å². The Bertz CT molecular complexity index is 1070. The molecule has 2 aromatic carbocycles. The van der Waals surface area contributed by atoms with E-state index in [4.69, 9.17) is 4.52 Å². The summed E-state index contributed by atoms with van der Waals surface area (Å²) < 4.78 is 58.5. The van der Waals surface area contributed by atoms with Crippen LogP contribution in [0.2, 0.25) is 0 Å². The van der Waals surface area contributed by atoms with E-state index in [0.29, 0.717) is 36.7 Å². The number of hydrogen-bond donors (Lipinski definition) is 0. The maximum absolute atomic E-state index is 13.1. The maximum Gasteiger partial charge on any atom is 0.243 e. The van der Waals surface area contributed by atoms with Gasteiger partial charge in [-0.2, -0.15) is 9.29 Å². The van der Waals surface area contributed by atoms with Crippen molar-refractivity contribution in [2.24, 2.45) is 0 Å². The first-order valence-electron chi connectivity index (χ1n) is 8.79. The fourth-order valence-corrected chi connectivity index (χ4v) is 4.76. The van der Waals surface area contributed by atoms with Crippen LogP contribution in [0.15, 0.2) is 57.9 Å². The molecule has 0 bridgehead atoms. The lowest BCUT2D eigenvalue weighted by Gasteiger charge is -2.30. The SMILES string of the molecule is O=S(=O)(c1ccc(F)cc1)N1CCC[C@H](c2nc(-c3ccc(F)cc3)no2)C1. The topological polar surface area (TPSA) is 76.3 Å². The summed E-state index contributed by atoms with van der Waals surface area (Å²) in [4.78, 5) is 4.41.